The molecule has 0 spiro atoms. The summed E-state index contributed by atoms with van der Waals surface area (Å²) in [7, 11) is -4.07. The number of nitrogens with one attached hydrogen (secondary N) is 1. The zero-order chi connectivity index (χ0) is 18.7. The van der Waals surface area contributed by atoms with Crippen LogP contribution in [-0.2, 0) is 10.0 Å². The SMILES string of the molecule is C=CCNS(=O)(=O)c1cc(C(=O)N2CCSc3ccccc32)ccc1F. The van der Waals surface area contributed by atoms with Crippen LogP contribution in [0.5, 0.6) is 0 Å². The van der Waals surface area contributed by atoms with Gasteiger partial charge in [0.1, 0.15) is 10.7 Å². The van der Waals surface area contributed by atoms with Crippen molar-refractivity contribution >= 4 is 33.4 Å². The molecule has 0 aromatic heterocycles. The Hall–Kier alpha value is -2.16. The molecule has 136 valence electrons. The highest BCUT2D eigenvalue weighted by molar-refractivity contribution is 7.99. The summed E-state index contributed by atoms with van der Waals surface area (Å²) in [5.74, 6) is -0.540. The first-order valence-corrected chi connectivity index (χ1v) is 10.3. The minimum absolute atomic E-state index is 0.0311. The molecular formula is C18H17FN2O3S2. The highest BCUT2D eigenvalue weighted by Gasteiger charge is 2.26. The summed E-state index contributed by atoms with van der Waals surface area (Å²) in [5, 5.41) is 0. The van der Waals surface area contributed by atoms with Crippen molar-refractivity contribution in [2.45, 2.75) is 9.79 Å². The van der Waals surface area contributed by atoms with Gasteiger partial charge in [0.25, 0.3) is 5.91 Å². The Bertz CT molecular complexity index is 961. The van der Waals surface area contributed by atoms with Crippen molar-refractivity contribution < 1.29 is 17.6 Å². The Morgan fingerprint density at radius 1 is 1.31 bits per heavy atom. The number of sulfonamides is 1. The highest BCUT2D eigenvalue weighted by atomic mass is 32.2. The maximum Gasteiger partial charge on any atom is 0.258 e. The van der Waals surface area contributed by atoms with Crippen LogP contribution < -0.4 is 9.62 Å². The predicted molar refractivity (Wildman–Crippen MR) is 101 cm³/mol. The van der Waals surface area contributed by atoms with Gasteiger partial charge < -0.3 is 4.90 Å². The Morgan fingerprint density at radius 2 is 2.08 bits per heavy atom. The van der Waals surface area contributed by atoms with E-state index >= 15 is 0 Å². The van der Waals surface area contributed by atoms with Crippen LogP contribution in [0.4, 0.5) is 10.1 Å². The van der Waals surface area contributed by atoms with Gasteiger partial charge in [0.2, 0.25) is 10.0 Å². The number of benzene rings is 2. The summed E-state index contributed by atoms with van der Waals surface area (Å²) in [6.07, 6.45) is 1.35. The second-order valence-electron chi connectivity index (χ2n) is 5.56. The first-order valence-electron chi connectivity index (χ1n) is 7.88. The fourth-order valence-electron chi connectivity index (χ4n) is 2.63. The molecule has 3 rings (SSSR count). The van der Waals surface area contributed by atoms with E-state index in [2.05, 4.69) is 11.3 Å². The first-order chi connectivity index (χ1) is 12.4. The standard InChI is InChI=1S/C18H17FN2O3S2/c1-2-9-20-26(23,24)17-12-13(7-8-14(17)19)18(22)21-10-11-25-16-6-4-3-5-15(16)21/h2-8,12,20H,1,9-11H2. The second kappa shape index (κ2) is 7.61. The number of nitrogens with zero attached hydrogens (tertiary/aromatic N) is 1. The third kappa shape index (κ3) is 3.67. The predicted octanol–water partition coefficient (Wildman–Crippen LogP) is 3.04. The van der Waals surface area contributed by atoms with Gasteiger partial charge in [-0.2, -0.15) is 0 Å². The summed E-state index contributed by atoms with van der Waals surface area (Å²) in [6.45, 7) is 3.89. The van der Waals surface area contributed by atoms with Gasteiger partial charge in [-0.15, -0.1) is 18.3 Å². The van der Waals surface area contributed by atoms with Crippen molar-refractivity contribution in [2.75, 3.05) is 23.7 Å². The van der Waals surface area contributed by atoms with E-state index in [0.29, 0.717) is 6.54 Å². The fourth-order valence-corrected chi connectivity index (χ4v) is 4.72. The van der Waals surface area contributed by atoms with Crippen molar-refractivity contribution in [2.24, 2.45) is 0 Å². The van der Waals surface area contributed by atoms with Crippen molar-refractivity contribution in [3.05, 3.63) is 66.5 Å². The number of carbonyl (C=O) groups excluding carboxylic acids is 1. The summed E-state index contributed by atoms with van der Waals surface area (Å²) < 4.78 is 40.7. The fraction of sp³-hybridized carbons (Fsp3) is 0.167. The van der Waals surface area contributed by atoms with Gasteiger partial charge in [-0.05, 0) is 30.3 Å². The molecule has 0 fully saturated rings. The zero-order valence-corrected chi connectivity index (χ0v) is 15.4. The molecule has 1 aliphatic rings. The Balaban J connectivity index is 1.97. The molecule has 0 radical (unpaired) electrons. The van der Waals surface area contributed by atoms with Crippen LogP contribution in [0.25, 0.3) is 0 Å². The number of rotatable bonds is 5. The number of carbonyl (C=O) groups is 1. The van der Waals surface area contributed by atoms with Crippen molar-refractivity contribution in [1.82, 2.24) is 4.72 Å². The molecule has 8 heteroatoms. The summed E-state index contributed by atoms with van der Waals surface area (Å²) >= 11 is 1.65. The number of thioether (sulfide) groups is 1. The molecule has 1 amide bonds. The van der Waals surface area contributed by atoms with Crippen molar-refractivity contribution in [1.29, 1.82) is 0 Å². The maximum absolute atomic E-state index is 14.1. The quantitative estimate of drug-likeness (QED) is 0.795. The molecule has 2 aromatic carbocycles. The normalized spacial score (nSPS) is 14.0. The summed E-state index contributed by atoms with van der Waals surface area (Å²) in [5.41, 5.74) is 0.888. The lowest BCUT2D eigenvalue weighted by Crippen LogP contribution is -2.35. The Labute approximate surface area is 156 Å². The molecule has 1 aliphatic heterocycles. The number of halogens is 1. The lowest BCUT2D eigenvalue weighted by Gasteiger charge is -2.29. The van der Waals surface area contributed by atoms with Gasteiger partial charge in [-0.3, -0.25) is 4.79 Å². The molecule has 0 bridgehead atoms. The first kappa shape index (κ1) is 18.6. The van der Waals surface area contributed by atoms with Crippen LogP contribution in [0.2, 0.25) is 0 Å². The third-order valence-electron chi connectivity index (χ3n) is 3.86. The molecule has 0 saturated carbocycles. The van der Waals surface area contributed by atoms with Crippen LogP contribution in [0.3, 0.4) is 0 Å². The average molecular weight is 392 g/mol. The number of amides is 1. The average Bonchev–Trinajstić information content (AvgIpc) is 2.65. The van der Waals surface area contributed by atoms with E-state index in [1.807, 2.05) is 24.3 Å². The van der Waals surface area contributed by atoms with E-state index in [4.69, 9.17) is 0 Å². The number of hydrogen-bond donors (Lipinski definition) is 1. The minimum Gasteiger partial charge on any atom is -0.306 e. The van der Waals surface area contributed by atoms with Crippen LogP contribution in [0.15, 0.2) is 64.9 Å². The Kier molecular flexibility index (Phi) is 5.45. The lowest BCUT2D eigenvalue weighted by molar-refractivity contribution is 0.0987. The van der Waals surface area contributed by atoms with Crippen LogP contribution in [-0.4, -0.2) is 33.2 Å². The van der Waals surface area contributed by atoms with Crippen LogP contribution >= 0.6 is 11.8 Å². The van der Waals surface area contributed by atoms with E-state index in [1.165, 1.54) is 12.1 Å². The van der Waals surface area contributed by atoms with Crippen molar-refractivity contribution in [3.8, 4) is 0 Å². The minimum atomic E-state index is -4.07. The second-order valence-corrected chi connectivity index (χ2v) is 8.43. The number of anilines is 1. The number of fused-ring (bicyclic) bond motifs is 1. The molecule has 2 aromatic rings. The highest BCUT2D eigenvalue weighted by Crippen LogP contribution is 2.35. The molecule has 1 N–H and O–H groups in total. The third-order valence-corrected chi connectivity index (χ3v) is 6.34. The Morgan fingerprint density at radius 3 is 2.85 bits per heavy atom. The van der Waals surface area contributed by atoms with Gasteiger partial charge in [-0.1, -0.05) is 18.2 Å². The van der Waals surface area contributed by atoms with E-state index < -0.39 is 20.7 Å². The molecule has 0 saturated heterocycles. The van der Waals surface area contributed by atoms with Crippen LogP contribution in [0, 0.1) is 5.82 Å². The largest absolute Gasteiger partial charge is 0.306 e. The maximum atomic E-state index is 14.1. The summed E-state index contributed by atoms with van der Waals surface area (Å²) in [4.78, 5) is 14.9. The van der Waals surface area contributed by atoms with E-state index in [1.54, 1.807) is 16.7 Å². The van der Waals surface area contributed by atoms with E-state index in [9.17, 15) is 17.6 Å². The molecule has 0 atom stereocenters. The van der Waals surface area contributed by atoms with E-state index in [0.717, 1.165) is 28.5 Å². The lowest BCUT2D eigenvalue weighted by atomic mass is 10.1. The van der Waals surface area contributed by atoms with Crippen LogP contribution in [0.1, 0.15) is 10.4 Å². The van der Waals surface area contributed by atoms with Gasteiger partial charge in [0, 0.05) is 29.3 Å². The molecule has 0 aliphatic carbocycles. The van der Waals surface area contributed by atoms with E-state index in [-0.39, 0.29) is 18.0 Å². The van der Waals surface area contributed by atoms with Crippen molar-refractivity contribution in [3.63, 3.8) is 0 Å². The monoisotopic (exact) mass is 392 g/mol. The summed E-state index contributed by atoms with van der Waals surface area (Å²) in [6, 6.07) is 10.9. The molecule has 26 heavy (non-hydrogen) atoms. The number of hydrogen-bond acceptors (Lipinski definition) is 4. The van der Waals surface area contributed by atoms with Gasteiger partial charge in [0.15, 0.2) is 0 Å². The molecule has 1 heterocycles. The molecular weight excluding hydrogens is 375 g/mol. The van der Waals surface area contributed by atoms with Gasteiger partial charge in [0.05, 0.1) is 5.69 Å². The molecule has 0 unspecified atom stereocenters. The number of para-hydroxylation sites is 1. The smallest absolute Gasteiger partial charge is 0.258 e. The zero-order valence-electron chi connectivity index (χ0n) is 13.8. The molecule has 5 nitrogen and oxygen atoms in total. The van der Waals surface area contributed by atoms with Gasteiger partial charge in [-0.25, -0.2) is 17.5 Å². The topological polar surface area (TPSA) is 66.5 Å². The van der Waals surface area contributed by atoms with Gasteiger partial charge >= 0.3 is 0 Å².